The summed E-state index contributed by atoms with van der Waals surface area (Å²) in [5.41, 5.74) is 0. The predicted molar refractivity (Wildman–Crippen MR) is 73.4 cm³/mol. The summed E-state index contributed by atoms with van der Waals surface area (Å²) in [6.07, 6.45) is 6.97. The first-order valence-corrected chi connectivity index (χ1v) is 6.99. The standard InChI is InChI=1S/C14H29NO3/c1-5-6-7-8-9-11-18-14(15(3)4)10-12-17-13(2)16/h14H,5-12H2,1-4H3. The van der Waals surface area contributed by atoms with Gasteiger partial charge in [-0.3, -0.25) is 9.69 Å². The van der Waals surface area contributed by atoms with E-state index in [9.17, 15) is 4.79 Å². The summed E-state index contributed by atoms with van der Waals surface area (Å²) in [7, 11) is 3.96. The summed E-state index contributed by atoms with van der Waals surface area (Å²) in [4.78, 5) is 12.7. The summed E-state index contributed by atoms with van der Waals surface area (Å²) >= 11 is 0. The van der Waals surface area contributed by atoms with Gasteiger partial charge in [0.05, 0.1) is 6.61 Å². The number of carbonyl (C=O) groups excluding carboxylic acids is 1. The van der Waals surface area contributed by atoms with Gasteiger partial charge in [-0.25, -0.2) is 0 Å². The molecule has 0 spiro atoms. The van der Waals surface area contributed by atoms with Crippen LogP contribution in [0.1, 0.15) is 52.4 Å². The van der Waals surface area contributed by atoms with Crippen molar-refractivity contribution in [2.24, 2.45) is 0 Å². The van der Waals surface area contributed by atoms with Crippen LogP contribution < -0.4 is 0 Å². The van der Waals surface area contributed by atoms with Crippen molar-refractivity contribution in [2.75, 3.05) is 27.3 Å². The van der Waals surface area contributed by atoms with Crippen LogP contribution in [0.3, 0.4) is 0 Å². The zero-order valence-corrected chi connectivity index (χ0v) is 12.4. The molecule has 0 aliphatic rings. The van der Waals surface area contributed by atoms with Gasteiger partial charge in [0, 0.05) is 20.0 Å². The Hall–Kier alpha value is -0.610. The maximum absolute atomic E-state index is 10.7. The number of nitrogens with zero attached hydrogens (tertiary/aromatic N) is 1. The fraction of sp³-hybridized carbons (Fsp3) is 0.929. The number of esters is 1. The van der Waals surface area contributed by atoms with Gasteiger partial charge in [-0.15, -0.1) is 0 Å². The van der Waals surface area contributed by atoms with E-state index >= 15 is 0 Å². The van der Waals surface area contributed by atoms with Gasteiger partial charge in [0.1, 0.15) is 6.23 Å². The zero-order valence-electron chi connectivity index (χ0n) is 12.4. The van der Waals surface area contributed by atoms with Crippen molar-refractivity contribution in [1.29, 1.82) is 0 Å². The van der Waals surface area contributed by atoms with Gasteiger partial charge >= 0.3 is 5.97 Å². The van der Waals surface area contributed by atoms with Gasteiger partial charge in [0.2, 0.25) is 0 Å². The van der Waals surface area contributed by atoms with Crippen molar-refractivity contribution in [1.82, 2.24) is 4.90 Å². The minimum atomic E-state index is -0.230. The maximum atomic E-state index is 10.7. The largest absolute Gasteiger partial charge is 0.466 e. The van der Waals surface area contributed by atoms with Gasteiger partial charge < -0.3 is 9.47 Å². The number of carbonyl (C=O) groups is 1. The van der Waals surface area contributed by atoms with Crippen LogP contribution in [-0.4, -0.2) is 44.4 Å². The number of rotatable bonds is 11. The molecule has 0 fully saturated rings. The second-order valence-corrected chi connectivity index (χ2v) is 4.83. The van der Waals surface area contributed by atoms with Crippen LogP contribution in [-0.2, 0) is 14.3 Å². The molecule has 1 atom stereocenters. The molecule has 0 N–H and O–H groups in total. The van der Waals surface area contributed by atoms with Crippen LogP contribution in [0.25, 0.3) is 0 Å². The summed E-state index contributed by atoms with van der Waals surface area (Å²) < 4.78 is 10.7. The quantitative estimate of drug-likeness (QED) is 0.325. The molecule has 4 heteroatoms. The molecule has 4 nitrogen and oxygen atoms in total. The Morgan fingerprint density at radius 2 is 1.78 bits per heavy atom. The van der Waals surface area contributed by atoms with E-state index in [1.165, 1.54) is 32.6 Å². The summed E-state index contributed by atoms with van der Waals surface area (Å²) in [5, 5.41) is 0. The van der Waals surface area contributed by atoms with Crippen molar-refractivity contribution in [2.45, 2.75) is 58.6 Å². The number of hydrogen-bond acceptors (Lipinski definition) is 4. The minimum Gasteiger partial charge on any atom is -0.466 e. The number of ether oxygens (including phenoxy) is 2. The molecule has 0 heterocycles. The van der Waals surface area contributed by atoms with Crippen LogP contribution >= 0.6 is 0 Å². The van der Waals surface area contributed by atoms with Crippen LogP contribution in [0, 0.1) is 0 Å². The normalized spacial score (nSPS) is 12.7. The molecule has 0 bridgehead atoms. The molecular weight excluding hydrogens is 230 g/mol. The number of hydrogen-bond donors (Lipinski definition) is 0. The Bertz CT molecular complexity index is 207. The van der Waals surface area contributed by atoms with Gasteiger partial charge in [-0.1, -0.05) is 32.6 Å². The van der Waals surface area contributed by atoms with Crippen LogP contribution in [0.2, 0.25) is 0 Å². The van der Waals surface area contributed by atoms with E-state index in [1.807, 2.05) is 19.0 Å². The van der Waals surface area contributed by atoms with Gasteiger partial charge in [0.15, 0.2) is 0 Å². The third-order valence-corrected chi connectivity index (χ3v) is 2.80. The lowest BCUT2D eigenvalue weighted by atomic mass is 10.2. The minimum absolute atomic E-state index is 0.0375. The summed E-state index contributed by atoms with van der Waals surface area (Å²) in [5.74, 6) is -0.230. The first-order chi connectivity index (χ1) is 8.57. The van der Waals surface area contributed by atoms with Crippen molar-refractivity contribution < 1.29 is 14.3 Å². The molecule has 0 aromatic carbocycles. The second-order valence-electron chi connectivity index (χ2n) is 4.83. The van der Waals surface area contributed by atoms with Crippen LogP contribution in [0.5, 0.6) is 0 Å². The monoisotopic (exact) mass is 259 g/mol. The predicted octanol–water partition coefficient (Wildman–Crippen LogP) is 2.81. The van der Waals surface area contributed by atoms with E-state index in [-0.39, 0.29) is 12.2 Å². The Labute approximate surface area is 112 Å². The van der Waals surface area contributed by atoms with E-state index < -0.39 is 0 Å². The van der Waals surface area contributed by atoms with E-state index in [2.05, 4.69) is 6.92 Å². The topological polar surface area (TPSA) is 38.8 Å². The van der Waals surface area contributed by atoms with E-state index in [0.717, 1.165) is 19.4 Å². The van der Waals surface area contributed by atoms with Crippen molar-refractivity contribution in [3.05, 3.63) is 0 Å². The van der Waals surface area contributed by atoms with Crippen LogP contribution in [0.4, 0.5) is 0 Å². The highest BCUT2D eigenvalue weighted by molar-refractivity contribution is 5.65. The van der Waals surface area contributed by atoms with E-state index in [0.29, 0.717) is 6.61 Å². The highest BCUT2D eigenvalue weighted by Gasteiger charge is 2.11. The van der Waals surface area contributed by atoms with E-state index in [4.69, 9.17) is 9.47 Å². The lowest BCUT2D eigenvalue weighted by Crippen LogP contribution is -2.32. The molecule has 0 aliphatic carbocycles. The highest BCUT2D eigenvalue weighted by atomic mass is 16.5. The summed E-state index contributed by atoms with van der Waals surface area (Å²) in [6.45, 7) is 4.85. The Kier molecular flexibility index (Phi) is 11.1. The smallest absolute Gasteiger partial charge is 0.302 e. The molecule has 0 aromatic heterocycles. The molecule has 0 aliphatic heterocycles. The zero-order chi connectivity index (χ0) is 13.8. The SMILES string of the molecule is CCCCCCCOC(CCOC(C)=O)N(C)C. The first-order valence-electron chi connectivity index (χ1n) is 6.99. The van der Waals surface area contributed by atoms with Crippen LogP contribution in [0.15, 0.2) is 0 Å². The molecule has 0 rings (SSSR count). The molecule has 0 saturated carbocycles. The molecule has 0 amide bonds. The second kappa shape index (κ2) is 11.5. The van der Waals surface area contributed by atoms with Crippen molar-refractivity contribution in [3.63, 3.8) is 0 Å². The Morgan fingerprint density at radius 3 is 2.33 bits per heavy atom. The van der Waals surface area contributed by atoms with Crippen molar-refractivity contribution >= 4 is 5.97 Å². The molecular formula is C14H29NO3. The molecule has 18 heavy (non-hydrogen) atoms. The first kappa shape index (κ1) is 17.4. The highest BCUT2D eigenvalue weighted by Crippen LogP contribution is 2.07. The molecule has 0 radical (unpaired) electrons. The van der Waals surface area contributed by atoms with Gasteiger partial charge in [0.25, 0.3) is 0 Å². The molecule has 1 unspecified atom stereocenters. The molecule has 0 aromatic rings. The molecule has 0 saturated heterocycles. The number of unbranched alkanes of at least 4 members (excludes halogenated alkanes) is 4. The third-order valence-electron chi connectivity index (χ3n) is 2.80. The van der Waals surface area contributed by atoms with E-state index in [1.54, 1.807) is 0 Å². The fourth-order valence-corrected chi connectivity index (χ4v) is 1.72. The fourth-order valence-electron chi connectivity index (χ4n) is 1.72. The Balaban J connectivity index is 3.60. The lowest BCUT2D eigenvalue weighted by molar-refractivity contribution is -0.143. The molecule has 108 valence electrons. The average molecular weight is 259 g/mol. The van der Waals surface area contributed by atoms with Gasteiger partial charge in [-0.05, 0) is 20.5 Å². The average Bonchev–Trinajstić information content (AvgIpc) is 2.30. The maximum Gasteiger partial charge on any atom is 0.302 e. The van der Waals surface area contributed by atoms with Crippen molar-refractivity contribution in [3.8, 4) is 0 Å². The summed E-state index contributed by atoms with van der Waals surface area (Å²) in [6, 6.07) is 0. The van der Waals surface area contributed by atoms with Gasteiger partial charge in [-0.2, -0.15) is 0 Å². The lowest BCUT2D eigenvalue weighted by Gasteiger charge is -2.24. The Morgan fingerprint density at radius 1 is 1.11 bits per heavy atom. The third kappa shape index (κ3) is 10.5.